The van der Waals surface area contributed by atoms with Gasteiger partial charge in [0.1, 0.15) is 0 Å². The van der Waals surface area contributed by atoms with Crippen molar-refractivity contribution < 1.29 is 9.53 Å². The van der Waals surface area contributed by atoms with E-state index in [4.69, 9.17) is 4.74 Å². The van der Waals surface area contributed by atoms with E-state index in [1.165, 1.54) is 0 Å². The zero-order chi connectivity index (χ0) is 9.26. The molecule has 1 aromatic rings. The van der Waals surface area contributed by atoms with E-state index in [2.05, 4.69) is 20.9 Å². The van der Waals surface area contributed by atoms with Gasteiger partial charge in [-0.3, -0.25) is 0 Å². The van der Waals surface area contributed by atoms with Crippen molar-refractivity contribution in [1.29, 1.82) is 0 Å². The lowest BCUT2D eigenvalue weighted by atomic mass is 10.2. The Morgan fingerprint density at radius 2 is 2.00 bits per heavy atom. The Morgan fingerprint density at radius 3 is 2.54 bits per heavy atom. The number of hydrogen-bond acceptors (Lipinski definition) is 3. The third-order valence-electron chi connectivity index (χ3n) is 1.64. The number of alkyl halides is 1. The third kappa shape index (κ3) is 1.62. The van der Waals surface area contributed by atoms with Gasteiger partial charge in [0.25, 0.3) is 0 Å². The molecular weight excluding hydrogens is 234 g/mol. The van der Waals surface area contributed by atoms with Crippen molar-refractivity contribution >= 4 is 27.8 Å². The van der Waals surface area contributed by atoms with Crippen LogP contribution in [0.5, 0.6) is 0 Å². The molecule has 2 rings (SSSR count). The van der Waals surface area contributed by atoms with Crippen LogP contribution in [0.25, 0.3) is 0 Å². The third-order valence-corrected chi connectivity index (χ3v) is 2.22. The fourth-order valence-corrected chi connectivity index (χ4v) is 1.32. The van der Waals surface area contributed by atoms with E-state index in [9.17, 15) is 4.79 Å². The molecule has 1 aliphatic rings. The summed E-state index contributed by atoms with van der Waals surface area (Å²) in [6.07, 6.45) is 0. The fourth-order valence-electron chi connectivity index (χ4n) is 1.04. The monoisotopic (exact) mass is 239 g/mol. The minimum atomic E-state index is -0.553. The van der Waals surface area contributed by atoms with Gasteiger partial charge in [0, 0.05) is 5.56 Å². The van der Waals surface area contributed by atoms with E-state index < -0.39 is 4.95 Å². The van der Waals surface area contributed by atoms with E-state index in [-0.39, 0.29) is 5.97 Å². The molecule has 13 heavy (non-hydrogen) atoms. The molecular formula is C9H6BrNO2. The molecule has 1 atom stereocenters. The molecule has 3 nitrogen and oxygen atoms in total. The van der Waals surface area contributed by atoms with Crippen molar-refractivity contribution in [3.05, 3.63) is 35.9 Å². The first-order valence-electron chi connectivity index (χ1n) is 3.76. The Hall–Kier alpha value is -1.16. The van der Waals surface area contributed by atoms with Crippen molar-refractivity contribution in [3.63, 3.8) is 0 Å². The molecule has 66 valence electrons. The van der Waals surface area contributed by atoms with Crippen LogP contribution in [0.15, 0.2) is 35.3 Å². The van der Waals surface area contributed by atoms with Crippen LogP contribution >= 0.6 is 15.9 Å². The number of benzene rings is 1. The van der Waals surface area contributed by atoms with Crippen molar-refractivity contribution in [1.82, 2.24) is 0 Å². The number of aliphatic imine (C=N–C) groups is 1. The quantitative estimate of drug-likeness (QED) is 0.425. The van der Waals surface area contributed by atoms with E-state index in [1.54, 1.807) is 0 Å². The Morgan fingerprint density at radius 1 is 1.31 bits per heavy atom. The molecule has 1 heterocycles. The molecule has 0 saturated heterocycles. The minimum absolute atomic E-state index is 0.362. The lowest BCUT2D eigenvalue weighted by Crippen LogP contribution is -2.08. The number of esters is 1. The van der Waals surface area contributed by atoms with Gasteiger partial charge < -0.3 is 4.74 Å². The van der Waals surface area contributed by atoms with Crippen LogP contribution in [0.1, 0.15) is 5.56 Å². The second kappa shape index (κ2) is 3.30. The van der Waals surface area contributed by atoms with Crippen LogP contribution in [0.2, 0.25) is 0 Å². The molecule has 0 bridgehead atoms. The van der Waals surface area contributed by atoms with Crippen molar-refractivity contribution in [3.8, 4) is 0 Å². The Kier molecular flexibility index (Phi) is 2.14. The number of halogens is 1. The first kappa shape index (κ1) is 8.44. The average Bonchev–Trinajstić information content (AvgIpc) is 2.49. The van der Waals surface area contributed by atoms with Crippen LogP contribution in [-0.2, 0) is 9.53 Å². The topological polar surface area (TPSA) is 38.7 Å². The number of hydrogen-bond donors (Lipinski definition) is 0. The van der Waals surface area contributed by atoms with Crippen LogP contribution in [0, 0.1) is 0 Å². The molecule has 0 aliphatic carbocycles. The zero-order valence-electron chi connectivity index (χ0n) is 6.61. The summed E-state index contributed by atoms with van der Waals surface area (Å²) < 4.78 is 4.92. The zero-order valence-corrected chi connectivity index (χ0v) is 8.19. The highest BCUT2D eigenvalue weighted by Crippen LogP contribution is 2.16. The summed E-state index contributed by atoms with van der Waals surface area (Å²) >= 11 is 3.08. The number of ether oxygens (including phenoxy) is 1. The summed E-state index contributed by atoms with van der Waals surface area (Å²) in [4.78, 5) is 14.4. The predicted octanol–water partition coefficient (Wildman–Crippen LogP) is 1.71. The molecule has 1 aliphatic heterocycles. The summed E-state index contributed by atoms with van der Waals surface area (Å²) in [5.41, 5.74) is 0.817. The maximum atomic E-state index is 11.0. The summed E-state index contributed by atoms with van der Waals surface area (Å²) in [5, 5.41) is 0. The van der Waals surface area contributed by atoms with Gasteiger partial charge in [-0.2, -0.15) is 0 Å². The van der Waals surface area contributed by atoms with Gasteiger partial charge in [0.2, 0.25) is 10.8 Å². The van der Waals surface area contributed by atoms with Crippen LogP contribution in [-0.4, -0.2) is 16.8 Å². The van der Waals surface area contributed by atoms with E-state index in [0.29, 0.717) is 5.90 Å². The highest BCUT2D eigenvalue weighted by Gasteiger charge is 2.26. The van der Waals surface area contributed by atoms with Crippen molar-refractivity contribution in [2.45, 2.75) is 4.95 Å². The highest BCUT2D eigenvalue weighted by molar-refractivity contribution is 9.10. The normalized spacial score (nSPS) is 21.2. The van der Waals surface area contributed by atoms with Crippen molar-refractivity contribution in [2.75, 3.05) is 0 Å². The summed E-state index contributed by atoms with van der Waals surface area (Å²) in [6, 6.07) is 9.32. The van der Waals surface area contributed by atoms with Crippen LogP contribution < -0.4 is 0 Å². The number of cyclic esters (lactones) is 1. The Balaban J connectivity index is 2.30. The number of nitrogens with zero attached hydrogens (tertiary/aromatic N) is 1. The van der Waals surface area contributed by atoms with Gasteiger partial charge in [-0.05, 0) is 12.1 Å². The van der Waals surface area contributed by atoms with Gasteiger partial charge in [0.05, 0.1) is 0 Å². The van der Waals surface area contributed by atoms with Crippen LogP contribution in [0.3, 0.4) is 0 Å². The van der Waals surface area contributed by atoms with Gasteiger partial charge in [-0.15, -0.1) is 0 Å². The molecule has 0 fully saturated rings. The molecule has 0 aromatic heterocycles. The van der Waals surface area contributed by atoms with E-state index >= 15 is 0 Å². The standard InChI is InChI=1S/C9H6BrNO2/c10-7-9(12)13-8(11-7)6-4-2-1-3-5-6/h1-5,7H. The number of carbonyl (C=O) groups is 1. The summed E-state index contributed by atoms with van der Waals surface area (Å²) in [7, 11) is 0. The van der Waals surface area contributed by atoms with E-state index in [0.717, 1.165) is 5.56 Å². The Bertz CT molecular complexity index is 361. The predicted molar refractivity (Wildman–Crippen MR) is 51.8 cm³/mol. The highest BCUT2D eigenvalue weighted by atomic mass is 79.9. The molecule has 0 spiro atoms. The largest absolute Gasteiger partial charge is 0.405 e. The van der Waals surface area contributed by atoms with E-state index in [1.807, 2.05) is 30.3 Å². The maximum absolute atomic E-state index is 11.0. The first-order valence-corrected chi connectivity index (χ1v) is 4.68. The lowest BCUT2D eigenvalue weighted by molar-refractivity contribution is -0.132. The molecule has 0 radical (unpaired) electrons. The van der Waals surface area contributed by atoms with Crippen LogP contribution in [0.4, 0.5) is 0 Å². The first-order chi connectivity index (χ1) is 6.27. The second-order valence-corrected chi connectivity index (χ2v) is 3.42. The van der Waals surface area contributed by atoms with Gasteiger partial charge in [-0.1, -0.05) is 34.1 Å². The fraction of sp³-hybridized carbons (Fsp3) is 0.111. The molecule has 1 aromatic carbocycles. The summed E-state index contributed by atoms with van der Waals surface area (Å²) in [6.45, 7) is 0. The average molecular weight is 240 g/mol. The number of carbonyl (C=O) groups excluding carboxylic acids is 1. The molecule has 1 unspecified atom stereocenters. The number of rotatable bonds is 1. The smallest absolute Gasteiger partial charge is 0.348 e. The molecule has 0 saturated carbocycles. The molecule has 0 amide bonds. The minimum Gasteiger partial charge on any atom is -0.405 e. The van der Waals surface area contributed by atoms with Gasteiger partial charge >= 0.3 is 5.97 Å². The van der Waals surface area contributed by atoms with Crippen molar-refractivity contribution in [2.24, 2.45) is 4.99 Å². The molecule has 0 N–H and O–H groups in total. The second-order valence-electron chi connectivity index (χ2n) is 2.56. The lowest BCUT2D eigenvalue weighted by Gasteiger charge is -1.97. The SMILES string of the molecule is O=C1OC(c2ccccc2)=NC1Br. The molecule has 4 heteroatoms. The Labute approximate surface area is 83.6 Å². The summed E-state index contributed by atoms with van der Waals surface area (Å²) in [5.74, 6) is 0.0197. The maximum Gasteiger partial charge on any atom is 0.348 e. The van der Waals surface area contributed by atoms with Gasteiger partial charge in [0.15, 0.2) is 0 Å². The van der Waals surface area contributed by atoms with Gasteiger partial charge in [-0.25, -0.2) is 9.79 Å².